The quantitative estimate of drug-likeness (QED) is 0.677. The average molecular weight is 395 g/mol. The van der Waals surface area contributed by atoms with Crippen molar-refractivity contribution < 1.29 is 14.6 Å². The monoisotopic (exact) mass is 395 g/mol. The number of pyridine rings is 1. The molecule has 3 aromatic rings. The van der Waals surface area contributed by atoms with Gasteiger partial charge in [-0.15, -0.1) is 0 Å². The number of carboxylic acid groups (broad SMARTS) is 1. The molecule has 1 N–H and O–H groups in total. The summed E-state index contributed by atoms with van der Waals surface area (Å²) in [7, 11) is 1.85. The minimum Gasteiger partial charge on any atom is -0.475 e. The molecule has 4 rings (SSSR count). The van der Waals surface area contributed by atoms with Gasteiger partial charge in [-0.3, -0.25) is 4.98 Å². The van der Waals surface area contributed by atoms with E-state index in [2.05, 4.69) is 33.8 Å². The summed E-state index contributed by atoms with van der Waals surface area (Å²) in [6, 6.07) is 3.98. The lowest BCUT2D eigenvalue weighted by Gasteiger charge is -2.31. The number of aryl methyl sites for hydroxylation is 1. The summed E-state index contributed by atoms with van der Waals surface area (Å²) >= 11 is 0. The highest BCUT2D eigenvalue weighted by molar-refractivity contribution is 5.88. The Hall–Kier alpha value is -3.03. The van der Waals surface area contributed by atoms with Gasteiger partial charge in [0, 0.05) is 13.2 Å². The molecule has 1 fully saturated rings. The first-order chi connectivity index (χ1) is 13.8. The lowest BCUT2D eigenvalue weighted by molar-refractivity contribution is 0.0676. The molecule has 0 spiro atoms. The number of aromatic carboxylic acids is 1. The molecule has 1 aliphatic carbocycles. The number of rotatable bonds is 6. The van der Waals surface area contributed by atoms with E-state index < -0.39 is 5.97 Å². The van der Waals surface area contributed by atoms with Crippen molar-refractivity contribution in [3.05, 3.63) is 29.7 Å². The lowest BCUT2D eigenvalue weighted by atomic mass is 9.82. The predicted octanol–water partition coefficient (Wildman–Crippen LogP) is 3.81. The molecule has 0 saturated heterocycles. The standard InChI is InChI=1S/C21H25N5O3/c1-11(2)14-8-9-22-15(10-14)19-24-17-16(26(19)4)20(25-18(23-17)21(27)28)29-12(3)13-6-5-7-13/h8-13H,5-7H2,1-4H3,(H,27,28). The van der Waals surface area contributed by atoms with E-state index in [1.165, 1.54) is 6.42 Å². The highest BCUT2D eigenvalue weighted by atomic mass is 16.5. The van der Waals surface area contributed by atoms with Crippen LogP contribution in [-0.4, -0.2) is 41.7 Å². The zero-order valence-electron chi connectivity index (χ0n) is 17.1. The fourth-order valence-electron chi connectivity index (χ4n) is 3.59. The van der Waals surface area contributed by atoms with E-state index in [-0.39, 0.29) is 17.8 Å². The van der Waals surface area contributed by atoms with Crippen LogP contribution in [-0.2, 0) is 7.05 Å². The van der Waals surface area contributed by atoms with Crippen molar-refractivity contribution in [2.45, 2.75) is 52.1 Å². The Balaban J connectivity index is 1.84. The number of fused-ring (bicyclic) bond motifs is 1. The van der Waals surface area contributed by atoms with Gasteiger partial charge in [-0.1, -0.05) is 20.3 Å². The molecule has 1 atom stereocenters. The van der Waals surface area contributed by atoms with E-state index in [4.69, 9.17) is 4.74 Å². The molecule has 3 heterocycles. The van der Waals surface area contributed by atoms with E-state index in [0.717, 1.165) is 18.4 Å². The molecule has 0 amide bonds. The highest BCUT2D eigenvalue weighted by Gasteiger charge is 2.28. The number of aromatic nitrogens is 5. The molecule has 8 nitrogen and oxygen atoms in total. The molecule has 1 unspecified atom stereocenters. The third-order valence-electron chi connectivity index (χ3n) is 5.68. The van der Waals surface area contributed by atoms with Crippen molar-refractivity contribution in [3.63, 3.8) is 0 Å². The van der Waals surface area contributed by atoms with E-state index in [9.17, 15) is 9.90 Å². The van der Waals surface area contributed by atoms with Crippen molar-refractivity contribution >= 4 is 17.1 Å². The lowest BCUT2D eigenvalue weighted by Crippen LogP contribution is -2.29. The molecular weight excluding hydrogens is 370 g/mol. The average Bonchev–Trinajstić information content (AvgIpc) is 2.97. The number of carboxylic acids is 1. The fraction of sp³-hybridized carbons (Fsp3) is 0.476. The van der Waals surface area contributed by atoms with Gasteiger partial charge in [0.1, 0.15) is 11.8 Å². The summed E-state index contributed by atoms with van der Waals surface area (Å²) < 4.78 is 7.95. The number of carbonyl (C=O) groups is 1. The summed E-state index contributed by atoms with van der Waals surface area (Å²) in [4.78, 5) is 28.9. The summed E-state index contributed by atoms with van der Waals surface area (Å²) in [5.74, 6) is 0.146. The van der Waals surface area contributed by atoms with Crippen LogP contribution in [0.1, 0.15) is 62.1 Å². The molecule has 0 bridgehead atoms. The van der Waals surface area contributed by atoms with E-state index in [0.29, 0.717) is 34.5 Å². The van der Waals surface area contributed by atoms with Crippen LogP contribution in [0.15, 0.2) is 18.3 Å². The molecular formula is C21H25N5O3. The molecule has 152 valence electrons. The molecule has 29 heavy (non-hydrogen) atoms. The number of hydrogen-bond acceptors (Lipinski definition) is 6. The Morgan fingerprint density at radius 1 is 1.24 bits per heavy atom. The van der Waals surface area contributed by atoms with Gasteiger partial charge in [-0.05, 0) is 49.3 Å². The second kappa shape index (κ2) is 7.42. The van der Waals surface area contributed by atoms with E-state index >= 15 is 0 Å². The normalized spacial score (nSPS) is 15.5. The van der Waals surface area contributed by atoms with Crippen LogP contribution < -0.4 is 4.74 Å². The van der Waals surface area contributed by atoms with Crippen molar-refractivity contribution in [1.82, 2.24) is 24.5 Å². The molecule has 0 aromatic carbocycles. The summed E-state index contributed by atoms with van der Waals surface area (Å²) in [5.41, 5.74) is 2.72. The summed E-state index contributed by atoms with van der Waals surface area (Å²) in [5, 5.41) is 9.43. The van der Waals surface area contributed by atoms with Crippen LogP contribution in [0.2, 0.25) is 0 Å². The SMILES string of the molecule is CC(C)c1ccnc(-c2nc3nc(C(=O)O)nc(OC(C)C4CCC4)c3n2C)c1. The first kappa shape index (κ1) is 19.3. The first-order valence-corrected chi connectivity index (χ1v) is 9.96. The van der Waals surface area contributed by atoms with Gasteiger partial charge in [-0.25, -0.2) is 14.8 Å². The maximum atomic E-state index is 11.5. The van der Waals surface area contributed by atoms with Crippen molar-refractivity contribution in [2.24, 2.45) is 13.0 Å². The second-order valence-electron chi connectivity index (χ2n) is 7.97. The maximum absolute atomic E-state index is 11.5. The molecule has 0 aliphatic heterocycles. The van der Waals surface area contributed by atoms with Crippen LogP contribution in [0.4, 0.5) is 0 Å². The number of hydrogen-bond donors (Lipinski definition) is 1. The topological polar surface area (TPSA) is 103 Å². The van der Waals surface area contributed by atoms with Crippen LogP contribution in [0.3, 0.4) is 0 Å². The number of nitrogens with zero attached hydrogens (tertiary/aromatic N) is 5. The van der Waals surface area contributed by atoms with Crippen LogP contribution in [0.5, 0.6) is 5.88 Å². The van der Waals surface area contributed by atoms with Gasteiger partial charge in [0.25, 0.3) is 0 Å². The molecule has 1 aliphatic rings. The minimum atomic E-state index is -1.21. The maximum Gasteiger partial charge on any atom is 0.374 e. The van der Waals surface area contributed by atoms with E-state index in [1.54, 1.807) is 6.20 Å². The van der Waals surface area contributed by atoms with Crippen LogP contribution in [0.25, 0.3) is 22.7 Å². The highest BCUT2D eigenvalue weighted by Crippen LogP contribution is 2.34. The third kappa shape index (κ3) is 3.54. The van der Waals surface area contributed by atoms with Gasteiger partial charge in [0.15, 0.2) is 17.0 Å². The summed E-state index contributed by atoms with van der Waals surface area (Å²) in [6.07, 6.45) is 5.14. The van der Waals surface area contributed by atoms with Crippen LogP contribution >= 0.6 is 0 Å². The minimum absolute atomic E-state index is 0.0516. The predicted molar refractivity (Wildman–Crippen MR) is 108 cm³/mol. The molecule has 0 radical (unpaired) electrons. The molecule has 1 saturated carbocycles. The van der Waals surface area contributed by atoms with Crippen LogP contribution in [0, 0.1) is 5.92 Å². The second-order valence-corrected chi connectivity index (χ2v) is 7.97. The van der Waals surface area contributed by atoms with Gasteiger partial charge < -0.3 is 14.4 Å². The Kier molecular flexibility index (Phi) is 4.94. The smallest absolute Gasteiger partial charge is 0.374 e. The Morgan fingerprint density at radius 3 is 2.62 bits per heavy atom. The van der Waals surface area contributed by atoms with Gasteiger partial charge in [0.05, 0.1) is 0 Å². The molecule has 8 heteroatoms. The summed E-state index contributed by atoms with van der Waals surface area (Å²) in [6.45, 7) is 6.24. The van der Waals surface area contributed by atoms with Crippen molar-refractivity contribution in [1.29, 1.82) is 0 Å². The van der Waals surface area contributed by atoms with Crippen molar-refractivity contribution in [3.8, 4) is 17.4 Å². The third-order valence-corrected chi connectivity index (χ3v) is 5.68. The Morgan fingerprint density at radius 2 is 2.00 bits per heavy atom. The Bertz CT molecular complexity index is 1070. The number of ether oxygens (including phenoxy) is 1. The van der Waals surface area contributed by atoms with Gasteiger partial charge in [-0.2, -0.15) is 4.98 Å². The zero-order valence-corrected chi connectivity index (χ0v) is 17.1. The van der Waals surface area contributed by atoms with Gasteiger partial charge in [0.2, 0.25) is 11.7 Å². The first-order valence-electron chi connectivity index (χ1n) is 9.96. The largest absolute Gasteiger partial charge is 0.475 e. The van der Waals surface area contributed by atoms with Gasteiger partial charge >= 0.3 is 5.97 Å². The van der Waals surface area contributed by atoms with Crippen molar-refractivity contribution in [2.75, 3.05) is 0 Å². The number of imidazole rings is 1. The molecule has 3 aromatic heterocycles. The Labute approximate surface area is 169 Å². The zero-order chi connectivity index (χ0) is 20.7. The van der Waals surface area contributed by atoms with E-state index in [1.807, 2.05) is 30.7 Å². The fourth-order valence-corrected chi connectivity index (χ4v) is 3.59.